The molecule has 0 saturated carbocycles. The first-order valence-electron chi connectivity index (χ1n) is 8.35. The standard InChI is InChI=1S/C18H30N2O2/c1-5-13-20(14-6-2)18(21)11-12-19-16-7-9-17(10-8-16)22-15(3)4/h7-10,15,19H,5-6,11-14H2,1-4H3. The summed E-state index contributed by atoms with van der Waals surface area (Å²) in [7, 11) is 0. The molecule has 1 N–H and O–H groups in total. The summed E-state index contributed by atoms with van der Waals surface area (Å²) in [5.41, 5.74) is 1.02. The lowest BCUT2D eigenvalue weighted by Gasteiger charge is -2.21. The summed E-state index contributed by atoms with van der Waals surface area (Å²) in [5, 5.41) is 3.29. The van der Waals surface area contributed by atoms with Crippen molar-refractivity contribution in [3.63, 3.8) is 0 Å². The molecule has 0 unspecified atom stereocenters. The minimum atomic E-state index is 0.180. The number of carbonyl (C=O) groups excluding carboxylic acids is 1. The lowest BCUT2D eigenvalue weighted by atomic mass is 10.2. The number of anilines is 1. The highest BCUT2D eigenvalue weighted by atomic mass is 16.5. The van der Waals surface area contributed by atoms with Gasteiger partial charge in [-0.1, -0.05) is 13.8 Å². The Morgan fingerprint density at radius 1 is 1.14 bits per heavy atom. The molecule has 0 radical (unpaired) electrons. The Morgan fingerprint density at radius 2 is 1.73 bits per heavy atom. The summed E-state index contributed by atoms with van der Waals surface area (Å²) in [6, 6.07) is 7.87. The van der Waals surface area contributed by atoms with Crippen molar-refractivity contribution in [3.05, 3.63) is 24.3 Å². The van der Waals surface area contributed by atoms with Crippen LogP contribution < -0.4 is 10.1 Å². The van der Waals surface area contributed by atoms with Gasteiger partial charge in [0.2, 0.25) is 5.91 Å². The van der Waals surface area contributed by atoms with Crippen molar-refractivity contribution in [1.82, 2.24) is 4.90 Å². The van der Waals surface area contributed by atoms with Crippen molar-refractivity contribution in [2.75, 3.05) is 25.0 Å². The molecule has 0 bridgehead atoms. The van der Waals surface area contributed by atoms with E-state index in [1.807, 2.05) is 43.0 Å². The van der Waals surface area contributed by atoms with Gasteiger partial charge in [0.25, 0.3) is 0 Å². The van der Waals surface area contributed by atoms with Gasteiger partial charge in [0, 0.05) is 31.7 Å². The van der Waals surface area contributed by atoms with Crippen molar-refractivity contribution in [3.8, 4) is 5.75 Å². The SMILES string of the molecule is CCCN(CCC)C(=O)CCNc1ccc(OC(C)C)cc1. The number of ether oxygens (including phenoxy) is 1. The van der Waals surface area contributed by atoms with E-state index in [9.17, 15) is 4.79 Å². The minimum Gasteiger partial charge on any atom is -0.491 e. The van der Waals surface area contributed by atoms with Gasteiger partial charge < -0.3 is 15.0 Å². The second-order valence-corrected chi connectivity index (χ2v) is 5.75. The highest BCUT2D eigenvalue weighted by Crippen LogP contribution is 2.16. The summed E-state index contributed by atoms with van der Waals surface area (Å²) in [6.45, 7) is 10.6. The van der Waals surface area contributed by atoms with E-state index in [0.717, 1.165) is 37.4 Å². The smallest absolute Gasteiger partial charge is 0.224 e. The van der Waals surface area contributed by atoms with Crippen LogP contribution in [0.2, 0.25) is 0 Å². The number of carbonyl (C=O) groups is 1. The van der Waals surface area contributed by atoms with E-state index in [-0.39, 0.29) is 12.0 Å². The first-order valence-corrected chi connectivity index (χ1v) is 8.35. The summed E-state index contributed by atoms with van der Waals surface area (Å²) >= 11 is 0. The predicted molar refractivity (Wildman–Crippen MR) is 92.5 cm³/mol. The first kappa shape index (κ1) is 18.3. The molecule has 1 rings (SSSR count). The van der Waals surface area contributed by atoms with Gasteiger partial charge in [-0.05, 0) is 51.0 Å². The molecular weight excluding hydrogens is 276 g/mol. The fourth-order valence-corrected chi connectivity index (χ4v) is 2.30. The average Bonchev–Trinajstić information content (AvgIpc) is 2.48. The fourth-order valence-electron chi connectivity index (χ4n) is 2.30. The monoisotopic (exact) mass is 306 g/mol. The predicted octanol–water partition coefficient (Wildman–Crippen LogP) is 3.92. The van der Waals surface area contributed by atoms with Crippen molar-refractivity contribution in [2.24, 2.45) is 0 Å². The van der Waals surface area contributed by atoms with Gasteiger partial charge in [0.05, 0.1) is 6.10 Å². The van der Waals surface area contributed by atoms with Crippen LogP contribution in [0.1, 0.15) is 47.0 Å². The molecule has 0 fully saturated rings. The summed E-state index contributed by atoms with van der Waals surface area (Å²) in [4.78, 5) is 14.1. The van der Waals surface area contributed by atoms with Crippen LogP contribution >= 0.6 is 0 Å². The molecule has 0 aliphatic heterocycles. The third-order valence-electron chi connectivity index (χ3n) is 3.23. The maximum absolute atomic E-state index is 12.2. The highest BCUT2D eigenvalue weighted by molar-refractivity contribution is 5.76. The van der Waals surface area contributed by atoms with Crippen LogP contribution in [-0.2, 0) is 4.79 Å². The van der Waals surface area contributed by atoms with E-state index in [2.05, 4.69) is 19.2 Å². The second-order valence-electron chi connectivity index (χ2n) is 5.75. The zero-order valence-electron chi connectivity index (χ0n) is 14.4. The number of nitrogens with one attached hydrogen (secondary N) is 1. The normalized spacial score (nSPS) is 10.6. The van der Waals surface area contributed by atoms with Gasteiger partial charge in [-0.2, -0.15) is 0 Å². The molecule has 124 valence electrons. The first-order chi connectivity index (χ1) is 10.6. The van der Waals surface area contributed by atoms with Crippen LogP contribution in [0.3, 0.4) is 0 Å². The van der Waals surface area contributed by atoms with Gasteiger partial charge in [0.1, 0.15) is 5.75 Å². The molecule has 0 aliphatic carbocycles. The summed E-state index contributed by atoms with van der Waals surface area (Å²) in [5.74, 6) is 1.10. The Hall–Kier alpha value is -1.71. The summed E-state index contributed by atoms with van der Waals surface area (Å²) in [6.07, 6.45) is 2.73. The molecule has 0 saturated heterocycles. The van der Waals surface area contributed by atoms with E-state index in [4.69, 9.17) is 4.74 Å². The van der Waals surface area contributed by atoms with Crippen LogP contribution in [-0.4, -0.2) is 36.5 Å². The summed E-state index contributed by atoms with van der Waals surface area (Å²) < 4.78 is 5.61. The zero-order chi connectivity index (χ0) is 16.4. The molecule has 0 aliphatic rings. The number of amides is 1. The van der Waals surface area contributed by atoms with E-state index < -0.39 is 0 Å². The number of rotatable bonds is 10. The molecule has 4 heteroatoms. The maximum atomic E-state index is 12.2. The number of nitrogens with zero attached hydrogens (tertiary/aromatic N) is 1. The fraction of sp³-hybridized carbons (Fsp3) is 0.611. The van der Waals surface area contributed by atoms with Gasteiger partial charge >= 0.3 is 0 Å². The minimum absolute atomic E-state index is 0.180. The molecule has 0 atom stereocenters. The Balaban J connectivity index is 2.38. The zero-order valence-corrected chi connectivity index (χ0v) is 14.4. The molecule has 1 aromatic carbocycles. The van der Waals surface area contributed by atoms with Crippen molar-refractivity contribution in [2.45, 2.75) is 53.1 Å². The van der Waals surface area contributed by atoms with E-state index in [1.54, 1.807) is 0 Å². The third kappa shape index (κ3) is 6.83. The van der Waals surface area contributed by atoms with E-state index >= 15 is 0 Å². The number of hydrogen-bond acceptors (Lipinski definition) is 3. The van der Waals surface area contributed by atoms with Crippen LogP contribution in [0.5, 0.6) is 5.75 Å². The Bertz CT molecular complexity index is 423. The van der Waals surface area contributed by atoms with Gasteiger partial charge in [-0.3, -0.25) is 4.79 Å². The third-order valence-corrected chi connectivity index (χ3v) is 3.23. The van der Waals surface area contributed by atoms with E-state index in [1.165, 1.54) is 0 Å². The van der Waals surface area contributed by atoms with E-state index in [0.29, 0.717) is 13.0 Å². The van der Waals surface area contributed by atoms with Crippen LogP contribution in [0.15, 0.2) is 24.3 Å². The lowest BCUT2D eigenvalue weighted by Crippen LogP contribution is -2.33. The highest BCUT2D eigenvalue weighted by Gasteiger charge is 2.10. The van der Waals surface area contributed by atoms with Crippen molar-refractivity contribution < 1.29 is 9.53 Å². The number of benzene rings is 1. The topological polar surface area (TPSA) is 41.6 Å². The molecule has 4 nitrogen and oxygen atoms in total. The quantitative estimate of drug-likeness (QED) is 0.712. The molecule has 1 aromatic rings. The van der Waals surface area contributed by atoms with Gasteiger partial charge in [0.15, 0.2) is 0 Å². The largest absolute Gasteiger partial charge is 0.491 e. The molecular formula is C18H30N2O2. The molecule has 1 amide bonds. The Kier molecular flexibility index (Phi) is 8.41. The van der Waals surface area contributed by atoms with Crippen LogP contribution in [0, 0.1) is 0 Å². The molecule has 0 heterocycles. The Labute approximate surface area is 134 Å². The molecule has 0 aromatic heterocycles. The molecule has 0 spiro atoms. The molecule has 22 heavy (non-hydrogen) atoms. The van der Waals surface area contributed by atoms with Gasteiger partial charge in [-0.15, -0.1) is 0 Å². The second kappa shape index (κ2) is 10.1. The van der Waals surface area contributed by atoms with Crippen LogP contribution in [0.25, 0.3) is 0 Å². The van der Waals surface area contributed by atoms with Crippen LogP contribution in [0.4, 0.5) is 5.69 Å². The van der Waals surface area contributed by atoms with Crippen molar-refractivity contribution >= 4 is 11.6 Å². The average molecular weight is 306 g/mol. The lowest BCUT2D eigenvalue weighted by molar-refractivity contribution is -0.131. The van der Waals surface area contributed by atoms with Crippen molar-refractivity contribution in [1.29, 1.82) is 0 Å². The Morgan fingerprint density at radius 3 is 2.23 bits per heavy atom. The number of hydrogen-bond donors (Lipinski definition) is 1. The maximum Gasteiger partial charge on any atom is 0.224 e. The van der Waals surface area contributed by atoms with Gasteiger partial charge in [-0.25, -0.2) is 0 Å².